The van der Waals surface area contributed by atoms with Gasteiger partial charge in [0.05, 0.1) is 10.7 Å². The van der Waals surface area contributed by atoms with Gasteiger partial charge in [0, 0.05) is 23.3 Å². The van der Waals surface area contributed by atoms with Crippen LogP contribution in [0.3, 0.4) is 0 Å². The monoisotopic (exact) mass is 306 g/mol. The van der Waals surface area contributed by atoms with E-state index in [-0.39, 0.29) is 17.3 Å². The van der Waals surface area contributed by atoms with Gasteiger partial charge in [0.2, 0.25) is 0 Å². The van der Waals surface area contributed by atoms with Crippen molar-refractivity contribution in [2.45, 2.75) is 45.1 Å². The highest BCUT2D eigenvalue weighted by Crippen LogP contribution is 2.24. The van der Waals surface area contributed by atoms with Gasteiger partial charge >= 0.3 is 0 Å². The molecule has 21 heavy (non-hydrogen) atoms. The van der Waals surface area contributed by atoms with Crippen molar-refractivity contribution in [3.63, 3.8) is 0 Å². The number of nitrogens with one attached hydrogen (secondary N) is 1. The molecule has 0 saturated heterocycles. The lowest BCUT2D eigenvalue weighted by Gasteiger charge is -2.16. The molecule has 1 aromatic heterocycles. The van der Waals surface area contributed by atoms with E-state index in [1.807, 2.05) is 13.1 Å². The van der Waals surface area contributed by atoms with Gasteiger partial charge in [0.15, 0.2) is 0 Å². The first kappa shape index (κ1) is 16.1. The number of hydrogen-bond donors (Lipinski definition) is 1. The average molecular weight is 306 g/mol. The summed E-state index contributed by atoms with van der Waals surface area (Å²) >= 11 is 1.71. The molecule has 1 unspecified atom stereocenters. The van der Waals surface area contributed by atoms with Gasteiger partial charge in [-0.15, -0.1) is 11.3 Å². The Morgan fingerprint density at radius 2 is 2.05 bits per heavy atom. The SMILES string of the molecule is CNC(Cc1cccc(F)c1)Cc1nc(C(C)(C)C)cs1. The lowest BCUT2D eigenvalue weighted by molar-refractivity contribution is 0.542. The Kier molecular flexibility index (Phi) is 5.12. The van der Waals surface area contributed by atoms with Crippen LogP contribution < -0.4 is 5.32 Å². The fourth-order valence-corrected chi connectivity index (χ4v) is 3.29. The maximum Gasteiger partial charge on any atom is 0.123 e. The lowest BCUT2D eigenvalue weighted by atomic mass is 9.93. The summed E-state index contributed by atoms with van der Waals surface area (Å²) in [6, 6.07) is 7.08. The molecular weight excluding hydrogens is 283 g/mol. The second-order valence-corrected chi connectivity index (χ2v) is 7.34. The Hall–Kier alpha value is -1.26. The van der Waals surface area contributed by atoms with Crippen LogP contribution in [0, 0.1) is 5.82 Å². The number of halogens is 1. The highest BCUT2D eigenvalue weighted by atomic mass is 32.1. The largest absolute Gasteiger partial charge is 0.316 e. The topological polar surface area (TPSA) is 24.9 Å². The predicted octanol–water partition coefficient (Wildman–Crippen LogP) is 3.95. The number of aromatic nitrogens is 1. The van der Waals surface area contributed by atoms with Crippen LogP contribution >= 0.6 is 11.3 Å². The molecule has 1 N–H and O–H groups in total. The molecule has 0 aliphatic rings. The van der Waals surface area contributed by atoms with E-state index in [9.17, 15) is 4.39 Å². The van der Waals surface area contributed by atoms with Crippen molar-refractivity contribution in [3.8, 4) is 0 Å². The number of benzene rings is 1. The summed E-state index contributed by atoms with van der Waals surface area (Å²) in [5.74, 6) is -0.174. The number of hydrogen-bond acceptors (Lipinski definition) is 3. The Balaban J connectivity index is 2.04. The smallest absolute Gasteiger partial charge is 0.123 e. The van der Waals surface area contributed by atoms with E-state index >= 15 is 0 Å². The Bertz CT molecular complexity index is 586. The minimum absolute atomic E-state index is 0.0897. The molecule has 0 saturated carbocycles. The molecule has 0 spiro atoms. The quantitative estimate of drug-likeness (QED) is 0.904. The summed E-state index contributed by atoms with van der Waals surface area (Å²) in [7, 11) is 1.95. The third-order valence-electron chi connectivity index (χ3n) is 3.52. The zero-order valence-corrected chi connectivity index (χ0v) is 13.9. The molecule has 2 aromatic rings. The van der Waals surface area contributed by atoms with Gasteiger partial charge in [0.25, 0.3) is 0 Å². The molecule has 1 heterocycles. The van der Waals surface area contributed by atoms with Crippen molar-refractivity contribution in [3.05, 3.63) is 51.7 Å². The number of likely N-dealkylation sites (N-methyl/N-ethyl adjacent to an activating group) is 1. The minimum atomic E-state index is -0.174. The molecule has 0 fully saturated rings. The van der Waals surface area contributed by atoms with Crippen LogP contribution in [-0.4, -0.2) is 18.1 Å². The fourth-order valence-electron chi connectivity index (χ4n) is 2.18. The first-order valence-electron chi connectivity index (χ1n) is 7.25. The van der Waals surface area contributed by atoms with E-state index in [0.717, 1.165) is 29.1 Å². The highest BCUT2D eigenvalue weighted by molar-refractivity contribution is 7.09. The molecule has 0 amide bonds. The standard InChI is InChI=1S/C17H23FN2S/c1-17(2,3)15-11-21-16(20-15)10-14(19-4)9-12-6-5-7-13(18)8-12/h5-8,11,14,19H,9-10H2,1-4H3. The van der Waals surface area contributed by atoms with E-state index in [1.165, 1.54) is 6.07 Å². The Morgan fingerprint density at radius 3 is 2.62 bits per heavy atom. The van der Waals surface area contributed by atoms with Crippen LogP contribution in [0.2, 0.25) is 0 Å². The van der Waals surface area contributed by atoms with Crippen LogP contribution in [0.4, 0.5) is 4.39 Å². The van der Waals surface area contributed by atoms with Gasteiger partial charge in [-0.25, -0.2) is 9.37 Å². The third kappa shape index (κ3) is 4.61. The van der Waals surface area contributed by atoms with Gasteiger partial charge in [0.1, 0.15) is 5.82 Å². The second-order valence-electron chi connectivity index (χ2n) is 6.40. The van der Waals surface area contributed by atoms with Crippen LogP contribution in [0.5, 0.6) is 0 Å². The summed E-state index contributed by atoms with van der Waals surface area (Å²) in [6.07, 6.45) is 1.67. The Labute approximate surface area is 130 Å². The molecule has 4 heteroatoms. The van der Waals surface area contributed by atoms with Crippen molar-refractivity contribution in [1.29, 1.82) is 0 Å². The number of rotatable bonds is 5. The van der Waals surface area contributed by atoms with Gasteiger partial charge < -0.3 is 5.32 Å². The number of thiazole rings is 1. The molecule has 2 nitrogen and oxygen atoms in total. The molecular formula is C17H23FN2S. The summed E-state index contributed by atoms with van der Waals surface area (Å²) in [4.78, 5) is 4.73. The van der Waals surface area contributed by atoms with Crippen molar-refractivity contribution < 1.29 is 4.39 Å². The summed E-state index contributed by atoms with van der Waals surface area (Å²) in [5.41, 5.74) is 2.25. The summed E-state index contributed by atoms with van der Waals surface area (Å²) in [6.45, 7) is 6.52. The van der Waals surface area contributed by atoms with E-state index in [4.69, 9.17) is 4.98 Å². The van der Waals surface area contributed by atoms with Crippen LogP contribution in [0.15, 0.2) is 29.6 Å². The second kappa shape index (κ2) is 6.67. The van der Waals surface area contributed by atoms with Crippen LogP contribution in [-0.2, 0) is 18.3 Å². The molecule has 0 aliphatic carbocycles. The van der Waals surface area contributed by atoms with Gasteiger partial charge in [-0.1, -0.05) is 32.9 Å². The summed E-state index contributed by atoms with van der Waals surface area (Å²) in [5, 5.41) is 6.59. The molecule has 114 valence electrons. The van der Waals surface area contributed by atoms with E-state index in [2.05, 4.69) is 31.5 Å². The summed E-state index contributed by atoms with van der Waals surface area (Å²) < 4.78 is 13.3. The third-order valence-corrected chi connectivity index (χ3v) is 4.39. The molecule has 0 bridgehead atoms. The van der Waals surface area contributed by atoms with Gasteiger partial charge in [-0.2, -0.15) is 0 Å². The maximum atomic E-state index is 13.3. The highest BCUT2D eigenvalue weighted by Gasteiger charge is 2.18. The van der Waals surface area contributed by atoms with Crippen LogP contribution in [0.1, 0.15) is 37.0 Å². The van der Waals surface area contributed by atoms with Gasteiger partial charge in [-0.05, 0) is 31.2 Å². The molecule has 0 aliphatic heterocycles. The molecule has 1 aromatic carbocycles. The average Bonchev–Trinajstić information content (AvgIpc) is 2.86. The van der Waals surface area contributed by atoms with Crippen molar-refractivity contribution in [2.75, 3.05) is 7.05 Å². The number of nitrogens with zero attached hydrogens (tertiary/aromatic N) is 1. The predicted molar refractivity (Wildman–Crippen MR) is 87.5 cm³/mol. The first-order valence-corrected chi connectivity index (χ1v) is 8.13. The van der Waals surface area contributed by atoms with Crippen molar-refractivity contribution in [2.24, 2.45) is 0 Å². The zero-order chi connectivity index (χ0) is 15.5. The van der Waals surface area contributed by atoms with E-state index < -0.39 is 0 Å². The lowest BCUT2D eigenvalue weighted by Crippen LogP contribution is -2.30. The van der Waals surface area contributed by atoms with Gasteiger partial charge in [-0.3, -0.25) is 0 Å². The van der Waals surface area contributed by atoms with Crippen LogP contribution in [0.25, 0.3) is 0 Å². The maximum absolute atomic E-state index is 13.3. The normalized spacial score (nSPS) is 13.4. The van der Waals surface area contributed by atoms with E-state index in [0.29, 0.717) is 0 Å². The minimum Gasteiger partial charge on any atom is -0.316 e. The van der Waals surface area contributed by atoms with Crippen molar-refractivity contribution in [1.82, 2.24) is 10.3 Å². The molecule has 1 atom stereocenters. The zero-order valence-electron chi connectivity index (χ0n) is 13.1. The van der Waals surface area contributed by atoms with E-state index in [1.54, 1.807) is 23.5 Å². The molecule has 2 rings (SSSR count). The fraction of sp³-hybridized carbons (Fsp3) is 0.471. The van der Waals surface area contributed by atoms with Crippen molar-refractivity contribution >= 4 is 11.3 Å². The first-order chi connectivity index (χ1) is 9.88. The molecule has 0 radical (unpaired) electrons. The Morgan fingerprint density at radius 1 is 1.29 bits per heavy atom.